The molecule has 124 valence electrons. The van der Waals surface area contributed by atoms with Crippen molar-refractivity contribution >= 4 is 7.66 Å². The van der Waals surface area contributed by atoms with E-state index in [9.17, 15) is 0 Å². The molecule has 0 saturated carbocycles. The summed E-state index contributed by atoms with van der Waals surface area (Å²) in [5, 5.41) is 0. The van der Waals surface area contributed by atoms with E-state index in [1.54, 1.807) is 0 Å². The van der Waals surface area contributed by atoms with Crippen molar-refractivity contribution in [3.8, 4) is 0 Å². The highest BCUT2D eigenvalue weighted by Crippen LogP contribution is 2.63. The van der Waals surface area contributed by atoms with E-state index in [0.29, 0.717) is 18.6 Å². The molecule has 0 amide bonds. The van der Waals surface area contributed by atoms with Crippen LogP contribution in [0.1, 0.15) is 47.1 Å². The summed E-state index contributed by atoms with van der Waals surface area (Å²) in [5.74, 6) is 0. The summed E-state index contributed by atoms with van der Waals surface area (Å²) in [4.78, 5) is 0. The molecule has 0 spiro atoms. The van der Waals surface area contributed by atoms with Crippen LogP contribution in [0.3, 0.4) is 0 Å². The highest BCUT2D eigenvalue weighted by atomic mass is 31.2. The van der Waals surface area contributed by atoms with E-state index >= 15 is 0 Å². The highest BCUT2D eigenvalue weighted by Gasteiger charge is 2.44. The first-order valence-corrected chi connectivity index (χ1v) is 9.66. The van der Waals surface area contributed by atoms with Crippen molar-refractivity contribution in [2.24, 2.45) is 4.74 Å². The largest absolute Gasteiger partial charge is 0.306 e. The van der Waals surface area contributed by atoms with E-state index in [1.807, 2.05) is 18.2 Å². The van der Waals surface area contributed by atoms with Crippen LogP contribution >= 0.6 is 7.66 Å². The Balaban J connectivity index is 2.38. The molecule has 0 bridgehead atoms. The standard InChI is InChI=1S/C17H29N2O2P/c1-13(2)19(14(3)4)22(20-15(5)16(6)21-22)18-12-17-10-8-7-9-11-17/h7-11,13-16H,12H2,1-6H3. The van der Waals surface area contributed by atoms with Crippen LogP contribution in [-0.4, -0.2) is 29.0 Å². The molecule has 4 nitrogen and oxygen atoms in total. The molecule has 1 fully saturated rings. The molecule has 2 atom stereocenters. The van der Waals surface area contributed by atoms with E-state index in [1.165, 1.54) is 5.56 Å². The zero-order valence-electron chi connectivity index (χ0n) is 14.6. The predicted molar refractivity (Wildman–Crippen MR) is 92.7 cm³/mol. The number of hydrogen-bond acceptors (Lipinski definition) is 3. The molecule has 0 N–H and O–H groups in total. The minimum atomic E-state index is -2.39. The third-order valence-corrected chi connectivity index (χ3v) is 7.11. The van der Waals surface area contributed by atoms with Crippen LogP contribution in [-0.2, 0) is 15.6 Å². The van der Waals surface area contributed by atoms with Crippen molar-refractivity contribution < 1.29 is 9.05 Å². The molecule has 0 aromatic heterocycles. The zero-order chi connectivity index (χ0) is 16.3. The third-order valence-electron chi connectivity index (χ3n) is 3.89. The molecule has 22 heavy (non-hydrogen) atoms. The van der Waals surface area contributed by atoms with Gasteiger partial charge >= 0.3 is 0 Å². The van der Waals surface area contributed by atoms with Crippen molar-refractivity contribution in [3.05, 3.63) is 35.9 Å². The molecular formula is C17H29N2O2P. The topological polar surface area (TPSA) is 34.1 Å². The smallest absolute Gasteiger partial charge is 0.291 e. The lowest BCUT2D eigenvalue weighted by Gasteiger charge is -2.37. The molecule has 5 heteroatoms. The molecule has 1 aliphatic rings. The first-order chi connectivity index (χ1) is 10.4. The Kier molecular flexibility index (Phi) is 5.84. The van der Waals surface area contributed by atoms with Gasteiger partial charge in [-0.15, -0.1) is 0 Å². The van der Waals surface area contributed by atoms with Crippen LogP contribution in [0.4, 0.5) is 0 Å². The van der Waals surface area contributed by atoms with Gasteiger partial charge in [0.2, 0.25) is 0 Å². The molecule has 1 heterocycles. The molecule has 0 aliphatic carbocycles. The summed E-state index contributed by atoms with van der Waals surface area (Å²) in [6.07, 6.45) is 0.153. The van der Waals surface area contributed by atoms with Gasteiger partial charge in [-0.05, 0) is 47.1 Å². The van der Waals surface area contributed by atoms with Crippen molar-refractivity contribution in [1.29, 1.82) is 0 Å². The molecule has 2 rings (SSSR count). The maximum atomic E-state index is 6.32. The summed E-state index contributed by atoms with van der Waals surface area (Å²) in [6, 6.07) is 10.9. The molecule has 1 aromatic rings. The van der Waals surface area contributed by atoms with Crippen LogP contribution in [0.5, 0.6) is 0 Å². The van der Waals surface area contributed by atoms with Gasteiger partial charge in [-0.25, -0.2) is 9.42 Å². The number of nitrogens with zero attached hydrogens (tertiary/aromatic N) is 2. The fourth-order valence-electron chi connectivity index (χ4n) is 2.81. The van der Waals surface area contributed by atoms with Crippen molar-refractivity contribution in [2.75, 3.05) is 0 Å². The Morgan fingerprint density at radius 1 is 1.00 bits per heavy atom. The summed E-state index contributed by atoms with van der Waals surface area (Å²) >= 11 is 0. The monoisotopic (exact) mass is 324 g/mol. The Hall–Kier alpha value is -0.670. The second kappa shape index (κ2) is 7.27. The van der Waals surface area contributed by atoms with Gasteiger partial charge in [-0.1, -0.05) is 30.3 Å². The van der Waals surface area contributed by atoms with E-state index < -0.39 is 7.66 Å². The molecule has 1 saturated heterocycles. The highest BCUT2D eigenvalue weighted by molar-refractivity contribution is 7.54. The van der Waals surface area contributed by atoms with Crippen molar-refractivity contribution in [2.45, 2.75) is 72.4 Å². The molecular weight excluding hydrogens is 295 g/mol. The Morgan fingerprint density at radius 3 is 1.95 bits per heavy atom. The van der Waals surface area contributed by atoms with Crippen LogP contribution in [0.15, 0.2) is 35.1 Å². The number of rotatable bonds is 5. The van der Waals surface area contributed by atoms with Gasteiger partial charge in [0.25, 0.3) is 7.66 Å². The molecule has 1 aliphatic heterocycles. The summed E-state index contributed by atoms with van der Waals surface area (Å²) in [7, 11) is -2.39. The summed E-state index contributed by atoms with van der Waals surface area (Å²) < 4.78 is 19.9. The van der Waals surface area contributed by atoms with Gasteiger partial charge in [-0.3, -0.25) is 0 Å². The van der Waals surface area contributed by atoms with Gasteiger partial charge in [0, 0.05) is 12.1 Å². The maximum Gasteiger partial charge on any atom is 0.291 e. The Bertz CT molecular complexity index is 509. The average molecular weight is 324 g/mol. The number of hydrogen-bond donors (Lipinski definition) is 0. The van der Waals surface area contributed by atoms with Crippen molar-refractivity contribution in [3.63, 3.8) is 0 Å². The third kappa shape index (κ3) is 3.80. The van der Waals surface area contributed by atoms with E-state index in [-0.39, 0.29) is 12.2 Å². The van der Waals surface area contributed by atoms with Gasteiger partial charge in [0.1, 0.15) is 0 Å². The normalized spacial score (nSPS) is 28.8. The second-order valence-corrected chi connectivity index (χ2v) is 8.61. The Morgan fingerprint density at radius 2 is 1.50 bits per heavy atom. The van der Waals surface area contributed by atoms with Gasteiger partial charge < -0.3 is 9.05 Å². The second-order valence-electron chi connectivity index (χ2n) is 6.46. The van der Waals surface area contributed by atoms with Gasteiger partial charge in [0.05, 0.1) is 18.8 Å². The SMILES string of the molecule is CC1OP(=NCc2ccccc2)(N(C(C)C)C(C)C)OC1C. The molecule has 2 unspecified atom stereocenters. The zero-order valence-corrected chi connectivity index (χ0v) is 15.5. The summed E-state index contributed by atoms with van der Waals surface area (Å²) in [5.41, 5.74) is 1.19. The van der Waals surface area contributed by atoms with Crippen LogP contribution in [0.2, 0.25) is 0 Å². The van der Waals surface area contributed by atoms with Crippen molar-refractivity contribution in [1.82, 2.24) is 4.67 Å². The van der Waals surface area contributed by atoms with E-state index in [2.05, 4.69) is 58.3 Å². The lowest BCUT2D eigenvalue weighted by atomic mass is 10.2. The van der Waals surface area contributed by atoms with Gasteiger partial charge in [0.15, 0.2) is 0 Å². The quantitative estimate of drug-likeness (QED) is 0.709. The van der Waals surface area contributed by atoms with Crippen LogP contribution < -0.4 is 0 Å². The predicted octanol–water partition coefficient (Wildman–Crippen LogP) is 5.08. The first-order valence-electron chi connectivity index (χ1n) is 8.13. The lowest BCUT2D eigenvalue weighted by molar-refractivity contribution is 0.187. The minimum Gasteiger partial charge on any atom is -0.306 e. The Labute approximate surface area is 135 Å². The fraction of sp³-hybridized carbons (Fsp3) is 0.647. The lowest BCUT2D eigenvalue weighted by Crippen LogP contribution is -2.34. The average Bonchev–Trinajstić information content (AvgIpc) is 2.72. The van der Waals surface area contributed by atoms with Gasteiger partial charge in [-0.2, -0.15) is 0 Å². The minimum absolute atomic E-state index is 0.0767. The van der Waals surface area contributed by atoms with Crippen LogP contribution in [0, 0.1) is 0 Å². The molecule has 1 aromatic carbocycles. The van der Waals surface area contributed by atoms with Crippen LogP contribution in [0.25, 0.3) is 0 Å². The molecule has 0 radical (unpaired) electrons. The summed E-state index contributed by atoms with van der Waals surface area (Å²) in [6.45, 7) is 13.5. The maximum absolute atomic E-state index is 6.32. The first kappa shape index (κ1) is 17.7. The number of benzene rings is 1. The van der Waals surface area contributed by atoms with E-state index in [0.717, 1.165) is 0 Å². The van der Waals surface area contributed by atoms with E-state index in [4.69, 9.17) is 13.8 Å². The fourth-order valence-corrected chi connectivity index (χ4v) is 6.08.